The minimum atomic E-state index is -5.08. The summed E-state index contributed by atoms with van der Waals surface area (Å²) in [4.78, 5) is 35.4. The summed E-state index contributed by atoms with van der Waals surface area (Å²) in [7, 11) is 0. The van der Waals surface area contributed by atoms with Crippen molar-refractivity contribution in [1.82, 2.24) is 14.9 Å². The SMILES string of the molecule is O=C(O)C(F)(F)F.O=C(c1ccc2ccccc2n1)N1CCCC2(COCCN(c3cccnc3)C2)C1. The van der Waals surface area contributed by atoms with E-state index < -0.39 is 12.1 Å². The van der Waals surface area contributed by atoms with Gasteiger partial charge in [-0.05, 0) is 37.1 Å². The summed E-state index contributed by atoms with van der Waals surface area (Å²) in [6, 6.07) is 15.8. The van der Waals surface area contributed by atoms with Crippen LogP contribution in [0.3, 0.4) is 0 Å². The molecule has 37 heavy (non-hydrogen) atoms. The number of halogens is 3. The first-order chi connectivity index (χ1) is 17.7. The van der Waals surface area contributed by atoms with Gasteiger partial charge in [0, 0.05) is 43.2 Å². The average molecular weight is 517 g/mol. The van der Waals surface area contributed by atoms with Gasteiger partial charge in [0.1, 0.15) is 5.69 Å². The molecule has 1 spiro atoms. The second-order valence-electron chi connectivity index (χ2n) is 9.21. The summed E-state index contributed by atoms with van der Waals surface area (Å²) in [6.07, 6.45) is 0.650. The van der Waals surface area contributed by atoms with E-state index in [-0.39, 0.29) is 11.3 Å². The zero-order chi connectivity index (χ0) is 26.5. The fraction of sp³-hybridized carbons (Fsp3) is 0.385. The number of fused-ring (bicyclic) bond motifs is 1. The van der Waals surface area contributed by atoms with Crippen molar-refractivity contribution in [3.05, 3.63) is 66.6 Å². The number of anilines is 1. The molecule has 4 heterocycles. The molecule has 2 saturated heterocycles. The summed E-state index contributed by atoms with van der Waals surface area (Å²) < 4.78 is 37.8. The number of likely N-dealkylation sites (tertiary alicyclic amines) is 1. The molecule has 0 aliphatic carbocycles. The van der Waals surface area contributed by atoms with Gasteiger partial charge in [0.15, 0.2) is 0 Å². The van der Waals surface area contributed by atoms with E-state index in [1.807, 2.05) is 53.6 Å². The fourth-order valence-electron chi connectivity index (χ4n) is 4.73. The van der Waals surface area contributed by atoms with Crippen LogP contribution in [0.1, 0.15) is 23.3 Å². The molecule has 1 N–H and O–H groups in total. The molecule has 3 aromatic rings. The minimum Gasteiger partial charge on any atom is -0.475 e. The second kappa shape index (κ2) is 11.1. The van der Waals surface area contributed by atoms with E-state index in [4.69, 9.17) is 14.6 Å². The van der Waals surface area contributed by atoms with Gasteiger partial charge in [-0.1, -0.05) is 24.3 Å². The molecule has 1 aromatic carbocycles. The number of carbonyl (C=O) groups is 2. The highest BCUT2D eigenvalue weighted by molar-refractivity contribution is 5.95. The molecule has 1 unspecified atom stereocenters. The zero-order valence-corrected chi connectivity index (χ0v) is 20.0. The standard InChI is InChI=1S/C24H26N4O2.C2HF3O2/c29-23(22-9-8-19-5-1-2-7-21(19)26-22)28-12-4-10-24(17-28)16-27(13-14-30-18-24)20-6-3-11-25-15-20;3-2(4,5)1(6)7/h1-3,5-9,11,15H,4,10,12-14,16-18H2;(H,6,7). The number of carboxylic acid groups (broad SMARTS) is 1. The molecule has 1 atom stereocenters. The molecular formula is C26H27F3N4O4. The third-order valence-electron chi connectivity index (χ3n) is 6.46. The molecule has 0 bridgehead atoms. The maximum absolute atomic E-state index is 13.3. The van der Waals surface area contributed by atoms with E-state index >= 15 is 0 Å². The first-order valence-corrected chi connectivity index (χ1v) is 11.8. The molecule has 5 rings (SSSR count). The number of piperidine rings is 1. The Bertz CT molecular complexity index is 1240. The third-order valence-corrected chi connectivity index (χ3v) is 6.46. The van der Waals surface area contributed by atoms with Crippen LogP contribution in [0.4, 0.5) is 18.9 Å². The number of alkyl halides is 3. The van der Waals surface area contributed by atoms with Crippen LogP contribution in [0.25, 0.3) is 10.9 Å². The number of hydrogen-bond acceptors (Lipinski definition) is 6. The third kappa shape index (κ3) is 6.53. The first-order valence-electron chi connectivity index (χ1n) is 11.8. The predicted octanol–water partition coefficient (Wildman–Crippen LogP) is 4.02. The maximum atomic E-state index is 13.3. The molecule has 2 aliphatic heterocycles. The van der Waals surface area contributed by atoms with Crippen LogP contribution in [0.15, 0.2) is 60.9 Å². The van der Waals surface area contributed by atoms with E-state index in [0.717, 1.165) is 49.1 Å². The average Bonchev–Trinajstić information content (AvgIpc) is 3.10. The van der Waals surface area contributed by atoms with Crippen molar-refractivity contribution in [3.8, 4) is 0 Å². The Labute approximate surface area is 211 Å². The lowest BCUT2D eigenvalue weighted by Gasteiger charge is -2.43. The highest BCUT2D eigenvalue weighted by Crippen LogP contribution is 2.35. The highest BCUT2D eigenvalue weighted by Gasteiger charge is 2.41. The lowest BCUT2D eigenvalue weighted by atomic mass is 9.80. The van der Waals surface area contributed by atoms with Crippen LogP contribution in [0.2, 0.25) is 0 Å². The fourth-order valence-corrected chi connectivity index (χ4v) is 4.73. The smallest absolute Gasteiger partial charge is 0.475 e. The first kappa shape index (κ1) is 26.3. The number of aliphatic carboxylic acids is 1. The van der Waals surface area contributed by atoms with Crippen LogP contribution in [-0.2, 0) is 9.53 Å². The molecule has 2 aliphatic rings. The number of hydrogen-bond donors (Lipinski definition) is 1. The molecule has 0 saturated carbocycles. The van der Waals surface area contributed by atoms with Gasteiger partial charge in [0.25, 0.3) is 5.91 Å². The molecule has 2 aromatic heterocycles. The molecular weight excluding hydrogens is 489 g/mol. The van der Waals surface area contributed by atoms with Crippen LogP contribution in [0, 0.1) is 5.41 Å². The van der Waals surface area contributed by atoms with Crippen molar-refractivity contribution in [2.45, 2.75) is 19.0 Å². The van der Waals surface area contributed by atoms with Crippen LogP contribution >= 0.6 is 0 Å². The monoisotopic (exact) mass is 516 g/mol. The second-order valence-corrected chi connectivity index (χ2v) is 9.21. The summed E-state index contributed by atoms with van der Waals surface area (Å²) >= 11 is 0. The normalized spacial score (nSPS) is 20.2. The number of aromatic nitrogens is 2. The van der Waals surface area contributed by atoms with Gasteiger partial charge in [0.2, 0.25) is 0 Å². The van der Waals surface area contributed by atoms with Gasteiger partial charge in [-0.2, -0.15) is 13.2 Å². The summed E-state index contributed by atoms with van der Waals surface area (Å²) in [6.45, 7) is 4.54. The Balaban J connectivity index is 0.000000405. The van der Waals surface area contributed by atoms with Crippen LogP contribution in [0.5, 0.6) is 0 Å². The number of ether oxygens (including phenoxy) is 1. The molecule has 2 fully saturated rings. The quantitative estimate of drug-likeness (QED) is 0.550. The number of para-hydroxylation sites is 1. The number of benzene rings is 1. The Morgan fingerprint density at radius 2 is 1.81 bits per heavy atom. The largest absolute Gasteiger partial charge is 0.490 e. The summed E-state index contributed by atoms with van der Waals surface area (Å²) in [5.41, 5.74) is 2.42. The van der Waals surface area contributed by atoms with E-state index in [0.29, 0.717) is 25.5 Å². The Hall–Kier alpha value is -3.73. The number of pyridine rings is 2. The Kier molecular flexibility index (Phi) is 7.91. The molecule has 0 radical (unpaired) electrons. The van der Waals surface area contributed by atoms with Crippen LogP contribution < -0.4 is 4.90 Å². The van der Waals surface area contributed by atoms with Gasteiger partial charge in [-0.3, -0.25) is 9.78 Å². The number of rotatable bonds is 2. The van der Waals surface area contributed by atoms with Crippen molar-refractivity contribution < 1.29 is 32.6 Å². The van der Waals surface area contributed by atoms with Gasteiger partial charge in [0.05, 0.1) is 30.6 Å². The van der Waals surface area contributed by atoms with Crippen molar-refractivity contribution >= 4 is 28.5 Å². The summed E-state index contributed by atoms with van der Waals surface area (Å²) in [5.74, 6) is -2.75. The van der Waals surface area contributed by atoms with Crippen molar-refractivity contribution in [1.29, 1.82) is 0 Å². The highest BCUT2D eigenvalue weighted by atomic mass is 19.4. The van der Waals surface area contributed by atoms with Crippen LogP contribution in [-0.4, -0.2) is 77.4 Å². The van der Waals surface area contributed by atoms with Gasteiger partial charge >= 0.3 is 12.1 Å². The maximum Gasteiger partial charge on any atom is 0.490 e. The van der Waals surface area contributed by atoms with E-state index in [9.17, 15) is 18.0 Å². The minimum absolute atomic E-state index is 0.0111. The Morgan fingerprint density at radius 3 is 2.54 bits per heavy atom. The van der Waals surface area contributed by atoms with E-state index in [1.54, 1.807) is 6.20 Å². The van der Waals surface area contributed by atoms with Gasteiger partial charge in [-0.25, -0.2) is 9.78 Å². The number of amides is 1. The van der Waals surface area contributed by atoms with E-state index in [1.165, 1.54) is 0 Å². The van der Waals surface area contributed by atoms with Gasteiger partial charge < -0.3 is 19.6 Å². The van der Waals surface area contributed by atoms with E-state index in [2.05, 4.69) is 20.9 Å². The van der Waals surface area contributed by atoms with Crippen molar-refractivity contribution in [2.75, 3.05) is 44.3 Å². The number of carboxylic acids is 1. The molecule has 11 heteroatoms. The lowest BCUT2D eigenvalue weighted by molar-refractivity contribution is -0.192. The van der Waals surface area contributed by atoms with Crippen molar-refractivity contribution in [2.24, 2.45) is 5.41 Å². The van der Waals surface area contributed by atoms with Crippen molar-refractivity contribution in [3.63, 3.8) is 0 Å². The Morgan fingerprint density at radius 1 is 1.03 bits per heavy atom. The molecule has 1 amide bonds. The number of carbonyl (C=O) groups excluding carboxylic acids is 1. The molecule has 196 valence electrons. The topological polar surface area (TPSA) is 95.9 Å². The predicted molar refractivity (Wildman–Crippen MR) is 130 cm³/mol. The summed E-state index contributed by atoms with van der Waals surface area (Å²) in [5, 5.41) is 8.17. The number of nitrogens with zero attached hydrogens (tertiary/aromatic N) is 4. The molecule has 8 nitrogen and oxygen atoms in total. The lowest BCUT2D eigenvalue weighted by Crippen LogP contribution is -2.52. The zero-order valence-electron chi connectivity index (χ0n) is 20.0. The van der Waals surface area contributed by atoms with Gasteiger partial charge in [-0.15, -0.1) is 0 Å².